The minimum Gasteiger partial charge on any atom is -0.483 e. The predicted molar refractivity (Wildman–Crippen MR) is 135 cm³/mol. The number of hydrogen-bond donors (Lipinski definition) is 1. The lowest BCUT2D eigenvalue weighted by molar-refractivity contribution is -0.133. The number of fused-ring (bicyclic) bond motifs is 2. The minimum atomic E-state index is -0.356. The molecule has 2 saturated heterocycles. The third-order valence-corrected chi connectivity index (χ3v) is 7.62. The molecule has 0 radical (unpaired) electrons. The SMILES string of the molecule is C=CC(=O)N1CC(N2CCC(c3cc(F)c4c(c3)Nc3nccc(-c5cnn(C)c5)c3CO4)CC2)C1. The number of nitrogens with one attached hydrogen (secondary N) is 1. The summed E-state index contributed by atoms with van der Waals surface area (Å²) in [5.74, 6) is 0.815. The molecule has 2 aromatic heterocycles. The summed E-state index contributed by atoms with van der Waals surface area (Å²) in [6.07, 6.45) is 8.77. The quantitative estimate of drug-likeness (QED) is 0.563. The van der Waals surface area contributed by atoms with E-state index in [2.05, 4.69) is 26.9 Å². The number of amides is 1. The number of ether oxygens (including phenoxy) is 1. The van der Waals surface area contributed by atoms with Gasteiger partial charge in [-0.25, -0.2) is 9.37 Å². The Hall–Kier alpha value is -3.72. The molecule has 3 aromatic rings. The van der Waals surface area contributed by atoms with Gasteiger partial charge in [0, 0.05) is 49.7 Å². The second kappa shape index (κ2) is 9.05. The highest BCUT2D eigenvalue weighted by molar-refractivity contribution is 5.87. The van der Waals surface area contributed by atoms with Crippen molar-refractivity contribution >= 4 is 17.4 Å². The Balaban J connectivity index is 1.19. The summed E-state index contributed by atoms with van der Waals surface area (Å²) in [4.78, 5) is 20.5. The van der Waals surface area contributed by atoms with Crippen molar-refractivity contribution in [2.75, 3.05) is 31.5 Å². The van der Waals surface area contributed by atoms with Crippen molar-refractivity contribution in [3.63, 3.8) is 0 Å². The van der Waals surface area contributed by atoms with Crippen molar-refractivity contribution in [2.45, 2.75) is 31.4 Å². The Labute approximate surface area is 209 Å². The predicted octanol–water partition coefficient (Wildman–Crippen LogP) is 3.83. The fourth-order valence-corrected chi connectivity index (χ4v) is 5.53. The second-order valence-electron chi connectivity index (χ2n) is 9.79. The Morgan fingerprint density at radius 3 is 2.81 bits per heavy atom. The van der Waals surface area contributed by atoms with Crippen LogP contribution in [0.5, 0.6) is 5.75 Å². The van der Waals surface area contributed by atoms with Crippen LogP contribution < -0.4 is 10.1 Å². The molecule has 0 bridgehead atoms. The first-order chi connectivity index (χ1) is 17.5. The zero-order valence-corrected chi connectivity index (χ0v) is 20.3. The molecular formula is C27H29FN6O2. The van der Waals surface area contributed by atoms with E-state index in [-0.39, 0.29) is 30.0 Å². The van der Waals surface area contributed by atoms with Crippen LogP contribution in [0.15, 0.2) is 49.4 Å². The molecule has 0 saturated carbocycles. The maximum absolute atomic E-state index is 15.3. The van der Waals surface area contributed by atoms with Gasteiger partial charge < -0.3 is 15.0 Å². The van der Waals surface area contributed by atoms with E-state index in [1.807, 2.05) is 30.3 Å². The van der Waals surface area contributed by atoms with E-state index in [0.29, 0.717) is 17.5 Å². The molecule has 2 fully saturated rings. The van der Waals surface area contributed by atoms with Crippen molar-refractivity contribution in [1.29, 1.82) is 0 Å². The van der Waals surface area contributed by atoms with Gasteiger partial charge in [0.25, 0.3) is 0 Å². The molecule has 8 nitrogen and oxygen atoms in total. The van der Waals surface area contributed by atoms with Crippen LogP contribution in [0.1, 0.15) is 29.9 Å². The number of nitrogens with zero attached hydrogens (tertiary/aromatic N) is 5. The first-order valence-electron chi connectivity index (χ1n) is 12.4. The molecule has 0 aliphatic carbocycles. The van der Waals surface area contributed by atoms with Crippen molar-refractivity contribution < 1.29 is 13.9 Å². The van der Waals surface area contributed by atoms with Gasteiger partial charge in [-0.15, -0.1) is 0 Å². The summed E-state index contributed by atoms with van der Waals surface area (Å²) in [5.41, 5.74) is 4.39. The number of carbonyl (C=O) groups is 1. The van der Waals surface area contributed by atoms with Gasteiger partial charge in [-0.3, -0.25) is 14.4 Å². The van der Waals surface area contributed by atoms with Crippen LogP contribution in [0.3, 0.4) is 0 Å². The summed E-state index contributed by atoms with van der Waals surface area (Å²) < 4.78 is 23.0. The second-order valence-corrected chi connectivity index (χ2v) is 9.79. The third-order valence-electron chi connectivity index (χ3n) is 7.62. The first-order valence-corrected chi connectivity index (χ1v) is 12.4. The van der Waals surface area contributed by atoms with Gasteiger partial charge in [0.2, 0.25) is 5.91 Å². The number of piperidine rings is 1. The van der Waals surface area contributed by atoms with Gasteiger partial charge in [-0.1, -0.05) is 6.58 Å². The molecule has 186 valence electrons. The molecule has 0 unspecified atom stereocenters. The highest BCUT2D eigenvalue weighted by Crippen LogP contribution is 2.41. The zero-order chi connectivity index (χ0) is 24.8. The molecule has 3 aliphatic heterocycles. The van der Waals surface area contributed by atoms with Crippen molar-refractivity contribution in [1.82, 2.24) is 24.6 Å². The number of hydrogen-bond acceptors (Lipinski definition) is 6. The van der Waals surface area contributed by atoms with Crippen molar-refractivity contribution in [3.05, 3.63) is 66.4 Å². The van der Waals surface area contributed by atoms with Crippen LogP contribution in [0.25, 0.3) is 11.1 Å². The smallest absolute Gasteiger partial charge is 0.246 e. The standard InChI is InChI=1S/C27H29FN6O2/c1-3-25(35)34-14-20(15-34)33-8-5-17(6-9-33)18-10-23(28)26-24(11-18)31-27-22(16-36-26)21(4-7-29-27)19-12-30-32(2)13-19/h3-4,7,10-13,17,20H,1,5-6,8-9,14-16H2,2H3,(H,29,31). The van der Waals surface area contributed by atoms with E-state index < -0.39 is 0 Å². The van der Waals surface area contributed by atoms with Crippen molar-refractivity contribution in [2.24, 2.45) is 7.05 Å². The molecule has 0 spiro atoms. The fourth-order valence-electron chi connectivity index (χ4n) is 5.53. The third kappa shape index (κ3) is 4.03. The lowest BCUT2D eigenvalue weighted by Crippen LogP contribution is -2.61. The van der Waals surface area contributed by atoms with E-state index in [9.17, 15) is 4.79 Å². The number of rotatable bonds is 4. The molecule has 5 heterocycles. The van der Waals surface area contributed by atoms with E-state index in [1.54, 1.807) is 23.1 Å². The molecule has 0 atom stereocenters. The van der Waals surface area contributed by atoms with E-state index in [0.717, 1.165) is 61.3 Å². The van der Waals surface area contributed by atoms with Gasteiger partial charge in [-0.2, -0.15) is 5.10 Å². The maximum atomic E-state index is 15.3. The molecule has 1 N–H and O–H groups in total. The number of likely N-dealkylation sites (tertiary alicyclic amines) is 2. The number of benzene rings is 1. The van der Waals surface area contributed by atoms with E-state index in [4.69, 9.17) is 4.74 Å². The summed E-state index contributed by atoms with van der Waals surface area (Å²) in [6.45, 7) is 7.18. The van der Waals surface area contributed by atoms with Crippen LogP contribution >= 0.6 is 0 Å². The van der Waals surface area contributed by atoms with Gasteiger partial charge in [0.15, 0.2) is 11.6 Å². The molecule has 1 amide bonds. The fraction of sp³-hybridized carbons (Fsp3) is 0.370. The largest absolute Gasteiger partial charge is 0.483 e. The number of pyridine rings is 1. The average Bonchev–Trinajstić information content (AvgIpc) is 3.19. The van der Waals surface area contributed by atoms with Crippen LogP contribution in [-0.4, -0.2) is 62.7 Å². The van der Waals surface area contributed by atoms with Gasteiger partial charge in [-0.05, 0) is 67.3 Å². The monoisotopic (exact) mass is 488 g/mol. The van der Waals surface area contributed by atoms with E-state index >= 15 is 4.39 Å². The summed E-state index contributed by atoms with van der Waals surface area (Å²) >= 11 is 0. The van der Waals surface area contributed by atoms with Crippen LogP contribution in [0, 0.1) is 5.82 Å². The van der Waals surface area contributed by atoms with Crippen LogP contribution in [0.4, 0.5) is 15.9 Å². The Morgan fingerprint density at radius 1 is 1.28 bits per heavy atom. The van der Waals surface area contributed by atoms with Crippen LogP contribution in [-0.2, 0) is 18.4 Å². The molecule has 6 rings (SSSR count). The van der Waals surface area contributed by atoms with Gasteiger partial charge >= 0.3 is 0 Å². The highest BCUT2D eigenvalue weighted by Gasteiger charge is 2.36. The lowest BCUT2D eigenvalue weighted by atomic mass is 9.87. The number of carbonyl (C=O) groups excluding carboxylic acids is 1. The Bertz CT molecular complexity index is 1320. The Kier molecular flexibility index (Phi) is 5.72. The average molecular weight is 489 g/mol. The number of anilines is 2. The summed E-state index contributed by atoms with van der Waals surface area (Å²) in [7, 11) is 1.88. The molecule has 1 aromatic carbocycles. The molecule has 36 heavy (non-hydrogen) atoms. The normalized spacial score (nSPS) is 18.3. The van der Waals surface area contributed by atoms with Crippen molar-refractivity contribution in [3.8, 4) is 16.9 Å². The number of aryl methyl sites for hydroxylation is 1. The molecular weight excluding hydrogens is 459 g/mol. The van der Waals surface area contributed by atoms with Gasteiger partial charge in [0.05, 0.1) is 11.9 Å². The molecule has 3 aliphatic rings. The maximum Gasteiger partial charge on any atom is 0.246 e. The number of halogens is 1. The van der Waals surface area contributed by atoms with Gasteiger partial charge in [0.1, 0.15) is 12.4 Å². The van der Waals surface area contributed by atoms with Crippen LogP contribution in [0.2, 0.25) is 0 Å². The number of aromatic nitrogens is 3. The Morgan fingerprint density at radius 2 is 2.08 bits per heavy atom. The topological polar surface area (TPSA) is 75.5 Å². The highest BCUT2D eigenvalue weighted by atomic mass is 19.1. The lowest BCUT2D eigenvalue weighted by Gasteiger charge is -2.47. The van der Waals surface area contributed by atoms with E-state index in [1.165, 1.54) is 6.08 Å². The summed E-state index contributed by atoms with van der Waals surface area (Å²) in [6, 6.07) is 5.98. The minimum absolute atomic E-state index is 0.0000676. The molecule has 9 heteroatoms. The first kappa shape index (κ1) is 22.7. The summed E-state index contributed by atoms with van der Waals surface area (Å²) in [5, 5.41) is 7.62. The zero-order valence-electron chi connectivity index (χ0n) is 20.3.